The Bertz CT molecular complexity index is 546. The van der Waals surface area contributed by atoms with E-state index in [1.165, 1.54) is 4.90 Å². The van der Waals surface area contributed by atoms with E-state index in [-0.39, 0.29) is 5.78 Å². The Morgan fingerprint density at radius 2 is 2.05 bits per heavy atom. The molecule has 2 aromatic rings. The highest BCUT2D eigenvalue weighted by Gasteiger charge is 2.09. The highest BCUT2D eigenvalue weighted by atomic mass is 32.2. The maximum atomic E-state index is 12.2. The molecule has 3 nitrogen and oxygen atoms in total. The molecule has 0 amide bonds. The molecular formula is C15H18N2OS. The van der Waals surface area contributed by atoms with Gasteiger partial charge in [-0.15, -0.1) is 11.8 Å². The molecule has 0 bridgehead atoms. The molecule has 0 spiro atoms. The van der Waals surface area contributed by atoms with Crippen LogP contribution in [0.1, 0.15) is 29.5 Å². The maximum Gasteiger partial charge on any atom is 0.182 e. The Morgan fingerprint density at radius 1 is 1.32 bits per heavy atom. The van der Waals surface area contributed by atoms with Crippen molar-refractivity contribution in [2.75, 3.05) is 6.26 Å². The van der Waals surface area contributed by atoms with Gasteiger partial charge in [0.1, 0.15) is 5.82 Å². The van der Waals surface area contributed by atoms with Gasteiger partial charge in [0.05, 0.1) is 6.54 Å². The average Bonchev–Trinajstić information content (AvgIpc) is 2.86. The van der Waals surface area contributed by atoms with Crippen molar-refractivity contribution in [1.82, 2.24) is 9.55 Å². The highest BCUT2D eigenvalue weighted by molar-refractivity contribution is 7.98. The number of ketones is 1. The molecule has 19 heavy (non-hydrogen) atoms. The van der Waals surface area contributed by atoms with Gasteiger partial charge in [-0.05, 0) is 24.8 Å². The van der Waals surface area contributed by atoms with Gasteiger partial charge in [-0.3, -0.25) is 4.79 Å². The lowest BCUT2D eigenvalue weighted by Crippen LogP contribution is -2.12. The van der Waals surface area contributed by atoms with E-state index < -0.39 is 0 Å². The van der Waals surface area contributed by atoms with Gasteiger partial charge in [-0.25, -0.2) is 4.98 Å². The number of benzene rings is 1. The summed E-state index contributed by atoms with van der Waals surface area (Å²) in [7, 11) is 0. The van der Waals surface area contributed by atoms with E-state index in [1.807, 2.05) is 41.3 Å². The Hall–Kier alpha value is -1.55. The zero-order valence-electron chi connectivity index (χ0n) is 11.3. The standard InChI is InChI=1S/C15H18N2OS/c1-3-4-15-16-9-10-17(15)11-14(18)12-5-7-13(19-2)8-6-12/h5-10H,3-4,11H2,1-2H3. The number of hydrogen-bond donors (Lipinski definition) is 0. The molecule has 0 radical (unpaired) electrons. The van der Waals surface area contributed by atoms with Crippen LogP contribution in [0, 0.1) is 0 Å². The summed E-state index contributed by atoms with van der Waals surface area (Å²) in [6.45, 7) is 2.48. The summed E-state index contributed by atoms with van der Waals surface area (Å²) in [5.74, 6) is 1.11. The van der Waals surface area contributed by atoms with Crippen LogP contribution in [0.15, 0.2) is 41.6 Å². The second-order valence-corrected chi connectivity index (χ2v) is 5.25. The largest absolute Gasteiger partial charge is 0.327 e. The molecular weight excluding hydrogens is 256 g/mol. The Morgan fingerprint density at radius 3 is 2.68 bits per heavy atom. The molecule has 0 atom stereocenters. The lowest BCUT2D eigenvalue weighted by molar-refractivity contribution is 0.0971. The minimum Gasteiger partial charge on any atom is -0.327 e. The van der Waals surface area contributed by atoms with Crippen LogP contribution in [-0.4, -0.2) is 21.6 Å². The van der Waals surface area contributed by atoms with E-state index in [4.69, 9.17) is 0 Å². The summed E-state index contributed by atoms with van der Waals surface area (Å²) in [6.07, 6.45) is 7.60. The van der Waals surface area contributed by atoms with Crippen LogP contribution >= 0.6 is 11.8 Å². The molecule has 0 fully saturated rings. The number of carbonyl (C=O) groups is 1. The van der Waals surface area contributed by atoms with Crippen LogP contribution in [0.25, 0.3) is 0 Å². The van der Waals surface area contributed by atoms with Gasteiger partial charge in [0, 0.05) is 29.3 Å². The lowest BCUT2D eigenvalue weighted by Gasteiger charge is -2.07. The first-order chi connectivity index (χ1) is 9.24. The fraction of sp³-hybridized carbons (Fsp3) is 0.333. The highest BCUT2D eigenvalue weighted by Crippen LogP contribution is 2.15. The zero-order chi connectivity index (χ0) is 13.7. The maximum absolute atomic E-state index is 12.2. The Kier molecular flexibility index (Phi) is 4.80. The fourth-order valence-electron chi connectivity index (χ4n) is 1.96. The number of Topliss-reactive ketones (excluding diaryl/α,β-unsaturated/α-hetero) is 1. The van der Waals surface area contributed by atoms with E-state index in [9.17, 15) is 4.79 Å². The van der Waals surface area contributed by atoms with Crippen molar-refractivity contribution in [3.8, 4) is 0 Å². The van der Waals surface area contributed by atoms with Gasteiger partial charge < -0.3 is 4.57 Å². The van der Waals surface area contributed by atoms with Crippen LogP contribution in [-0.2, 0) is 13.0 Å². The monoisotopic (exact) mass is 274 g/mol. The summed E-state index contributed by atoms with van der Waals surface area (Å²) in [4.78, 5) is 17.7. The topological polar surface area (TPSA) is 34.9 Å². The summed E-state index contributed by atoms with van der Waals surface area (Å²) < 4.78 is 1.94. The van der Waals surface area contributed by atoms with E-state index in [0.29, 0.717) is 6.54 Å². The van der Waals surface area contributed by atoms with Crippen LogP contribution < -0.4 is 0 Å². The minimum absolute atomic E-state index is 0.128. The van der Waals surface area contributed by atoms with E-state index in [0.717, 1.165) is 24.2 Å². The molecule has 0 aliphatic rings. The molecule has 1 heterocycles. The molecule has 4 heteroatoms. The average molecular weight is 274 g/mol. The molecule has 0 saturated carbocycles. The fourth-order valence-corrected chi connectivity index (χ4v) is 2.37. The summed E-state index contributed by atoms with van der Waals surface area (Å²) in [5, 5.41) is 0. The second-order valence-electron chi connectivity index (χ2n) is 4.37. The molecule has 1 aromatic carbocycles. The zero-order valence-corrected chi connectivity index (χ0v) is 12.1. The number of aryl methyl sites for hydroxylation is 1. The van der Waals surface area contributed by atoms with Gasteiger partial charge in [0.25, 0.3) is 0 Å². The number of imidazole rings is 1. The van der Waals surface area contributed by atoms with Crippen molar-refractivity contribution in [2.24, 2.45) is 0 Å². The number of hydrogen-bond acceptors (Lipinski definition) is 3. The predicted molar refractivity (Wildman–Crippen MR) is 78.8 cm³/mol. The van der Waals surface area contributed by atoms with Crippen molar-refractivity contribution in [1.29, 1.82) is 0 Å². The molecule has 0 saturated heterocycles. The molecule has 0 aliphatic carbocycles. The Balaban J connectivity index is 2.09. The van der Waals surface area contributed by atoms with Crippen molar-refractivity contribution < 1.29 is 4.79 Å². The first kappa shape index (κ1) is 13.9. The third-order valence-corrected chi connectivity index (χ3v) is 3.74. The first-order valence-electron chi connectivity index (χ1n) is 6.42. The van der Waals surface area contributed by atoms with Crippen LogP contribution in [0.5, 0.6) is 0 Å². The van der Waals surface area contributed by atoms with Crippen LogP contribution in [0.4, 0.5) is 0 Å². The summed E-state index contributed by atoms with van der Waals surface area (Å²) in [6, 6.07) is 7.76. The molecule has 1 aromatic heterocycles. The summed E-state index contributed by atoms with van der Waals surface area (Å²) >= 11 is 1.68. The number of carbonyl (C=O) groups excluding carboxylic acids is 1. The number of rotatable bonds is 6. The molecule has 2 rings (SSSR count). The van der Waals surface area contributed by atoms with Crippen molar-refractivity contribution >= 4 is 17.5 Å². The van der Waals surface area contributed by atoms with E-state index in [1.54, 1.807) is 18.0 Å². The quantitative estimate of drug-likeness (QED) is 0.598. The van der Waals surface area contributed by atoms with Crippen molar-refractivity contribution in [3.63, 3.8) is 0 Å². The van der Waals surface area contributed by atoms with E-state index in [2.05, 4.69) is 11.9 Å². The number of thioether (sulfide) groups is 1. The van der Waals surface area contributed by atoms with E-state index >= 15 is 0 Å². The van der Waals surface area contributed by atoms with Gasteiger partial charge in [-0.2, -0.15) is 0 Å². The molecule has 0 N–H and O–H groups in total. The Labute approximate surface area is 118 Å². The van der Waals surface area contributed by atoms with Crippen molar-refractivity contribution in [2.45, 2.75) is 31.2 Å². The third-order valence-electron chi connectivity index (χ3n) is 3.00. The van der Waals surface area contributed by atoms with Gasteiger partial charge in [-0.1, -0.05) is 19.1 Å². The molecule has 0 aliphatic heterocycles. The summed E-state index contributed by atoms with van der Waals surface area (Å²) in [5.41, 5.74) is 0.758. The molecule has 100 valence electrons. The first-order valence-corrected chi connectivity index (χ1v) is 7.64. The normalized spacial score (nSPS) is 10.6. The van der Waals surface area contributed by atoms with Crippen LogP contribution in [0.2, 0.25) is 0 Å². The van der Waals surface area contributed by atoms with Crippen molar-refractivity contribution in [3.05, 3.63) is 48.0 Å². The van der Waals surface area contributed by atoms with Gasteiger partial charge >= 0.3 is 0 Å². The SMILES string of the molecule is CCCc1nccn1CC(=O)c1ccc(SC)cc1. The van der Waals surface area contributed by atoms with Gasteiger partial charge in [0.2, 0.25) is 0 Å². The predicted octanol–water partition coefficient (Wildman–Crippen LogP) is 3.44. The lowest BCUT2D eigenvalue weighted by atomic mass is 10.1. The smallest absolute Gasteiger partial charge is 0.182 e. The van der Waals surface area contributed by atoms with Gasteiger partial charge in [0.15, 0.2) is 5.78 Å². The number of nitrogens with zero attached hydrogens (tertiary/aromatic N) is 2. The molecule has 0 unspecified atom stereocenters. The number of aromatic nitrogens is 2. The minimum atomic E-state index is 0.128. The second kappa shape index (κ2) is 6.57. The third kappa shape index (κ3) is 3.47. The van der Waals surface area contributed by atoms with Crippen LogP contribution in [0.3, 0.4) is 0 Å².